The molecule has 1 fully saturated rings. The van der Waals surface area contributed by atoms with Crippen LogP contribution in [0.2, 0.25) is 0 Å². The first-order chi connectivity index (χ1) is 15.6. The number of hydrogen-bond acceptors (Lipinski definition) is 3. The lowest BCUT2D eigenvalue weighted by atomic mass is 9.97. The van der Waals surface area contributed by atoms with Crippen molar-refractivity contribution in [1.82, 2.24) is 9.88 Å². The number of halogens is 1. The molecule has 1 aromatic heterocycles. The van der Waals surface area contributed by atoms with Crippen LogP contribution in [0.4, 0.5) is 20.7 Å². The zero-order valence-electron chi connectivity index (χ0n) is 18.5. The molecule has 2 aliphatic heterocycles. The average Bonchev–Trinajstić information content (AvgIpc) is 3.34. The summed E-state index contributed by atoms with van der Waals surface area (Å²) in [6.07, 6.45) is 9.50. The molecule has 2 aliphatic rings. The second-order valence-corrected chi connectivity index (χ2v) is 8.67. The van der Waals surface area contributed by atoms with Gasteiger partial charge in [0.2, 0.25) is 5.91 Å². The Labute approximate surface area is 188 Å². The maximum atomic E-state index is 12.9. The van der Waals surface area contributed by atoms with Crippen molar-refractivity contribution >= 4 is 23.4 Å². The number of carbonyl (C=O) groups is 2. The number of hydrogen-bond donors (Lipinski definition) is 1. The number of amides is 3. The van der Waals surface area contributed by atoms with Crippen LogP contribution < -0.4 is 10.2 Å². The van der Waals surface area contributed by atoms with Gasteiger partial charge in [-0.25, -0.2) is 14.2 Å². The highest BCUT2D eigenvalue weighted by Gasteiger charge is 2.28. The molecule has 0 bridgehead atoms. The second kappa shape index (κ2) is 10.6. The van der Waals surface area contributed by atoms with Crippen LogP contribution >= 0.6 is 0 Å². The Kier molecular flexibility index (Phi) is 7.35. The molecule has 1 saturated heterocycles. The highest BCUT2D eigenvalue weighted by Crippen LogP contribution is 2.30. The molecule has 0 atom stereocenters. The largest absolute Gasteiger partial charge is 0.324 e. The van der Waals surface area contributed by atoms with Crippen molar-refractivity contribution in [1.29, 1.82) is 0 Å². The Bertz CT molecular complexity index is 941. The molecule has 0 spiro atoms. The van der Waals surface area contributed by atoms with Crippen molar-refractivity contribution < 1.29 is 14.0 Å². The Morgan fingerprint density at radius 1 is 1.00 bits per heavy atom. The number of unbranched alkanes of at least 4 members (excludes halogenated alkanes) is 2. The lowest BCUT2D eigenvalue weighted by Gasteiger charge is -2.33. The molecular weight excluding hydrogens is 407 g/mol. The highest BCUT2D eigenvalue weighted by atomic mass is 19.1. The summed E-state index contributed by atoms with van der Waals surface area (Å²) in [7, 11) is 0. The van der Waals surface area contributed by atoms with E-state index in [1.807, 2.05) is 9.80 Å². The van der Waals surface area contributed by atoms with Crippen molar-refractivity contribution in [2.45, 2.75) is 57.8 Å². The standard InChI is InChI=1S/C25H31FN4O2/c26-21-11-13-23(27-18-21)28-24(31)9-3-1-2-7-19-10-12-22-20(17-19)8-6-16-30(22)25(32)29-14-4-5-15-29/h10-13,17-18H,1-9,14-16H2,(H,27,28,31). The summed E-state index contributed by atoms with van der Waals surface area (Å²) in [4.78, 5) is 32.6. The molecule has 2 aromatic rings. The summed E-state index contributed by atoms with van der Waals surface area (Å²) in [5, 5.41) is 2.69. The van der Waals surface area contributed by atoms with E-state index in [2.05, 4.69) is 28.5 Å². The van der Waals surface area contributed by atoms with Crippen molar-refractivity contribution in [2.24, 2.45) is 0 Å². The lowest BCUT2D eigenvalue weighted by molar-refractivity contribution is -0.116. The van der Waals surface area contributed by atoms with Crippen LogP contribution in [0, 0.1) is 5.82 Å². The molecule has 3 heterocycles. The smallest absolute Gasteiger partial charge is 0.324 e. The van der Waals surface area contributed by atoms with Gasteiger partial charge in [-0.05, 0) is 74.3 Å². The molecule has 0 unspecified atom stereocenters. The van der Waals surface area contributed by atoms with Crippen LogP contribution in [0.1, 0.15) is 56.1 Å². The van der Waals surface area contributed by atoms with E-state index in [0.717, 1.165) is 82.9 Å². The van der Waals surface area contributed by atoms with E-state index in [4.69, 9.17) is 0 Å². The maximum Gasteiger partial charge on any atom is 0.324 e. The van der Waals surface area contributed by atoms with Crippen LogP contribution in [-0.4, -0.2) is 41.5 Å². The van der Waals surface area contributed by atoms with Crippen LogP contribution in [-0.2, 0) is 17.6 Å². The number of nitrogens with one attached hydrogen (secondary N) is 1. The maximum absolute atomic E-state index is 12.9. The van der Waals surface area contributed by atoms with E-state index in [9.17, 15) is 14.0 Å². The van der Waals surface area contributed by atoms with E-state index >= 15 is 0 Å². The fourth-order valence-corrected chi connectivity index (χ4v) is 4.53. The van der Waals surface area contributed by atoms with Crippen LogP contribution in [0.15, 0.2) is 36.5 Å². The number of pyridine rings is 1. The van der Waals surface area contributed by atoms with Gasteiger partial charge in [-0.15, -0.1) is 0 Å². The normalized spacial score (nSPS) is 15.5. The van der Waals surface area contributed by atoms with E-state index in [1.54, 1.807) is 0 Å². The minimum absolute atomic E-state index is 0.0966. The molecule has 1 aromatic carbocycles. The first-order valence-corrected chi connectivity index (χ1v) is 11.7. The van der Waals surface area contributed by atoms with Crippen molar-refractivity contribution in [3.8, 4) is 0 Å². The Morgan fingerprint density at radius 3 is 2.62 bits per heavy atom. The number of carbonyl (C=O) groups excluding carboxylic acids is 2. The molecule has 4 rings (SSSR count). The van der Waals surface area contributed by atoms with Crippen LogP contribution in [0.5, 0.6) is 0 Å². The number of urea groups is 1. The fourth-order valence-electron chi connectivity index (χ4n) is 4.53. The minimum atomic E-state index is -0.420. The van der Waals surface area contributed by atoms with Crippen molar-refractivity contribution in [3.05, 3.63) is 53.5 Å². The van der Waals surface area contributed by atoms with Gasteiger partial charge in [0, 0.05) is 31.7 Å². The van der Waals surface area contributed by atoms with Crippen molar-refractivity contribution in [3.63, 3.8) is 0 Å². The highest BCUT2D eigenvalue weighted by molar-refractivity contribution is 5.93. The van der Waals surface area contributed by atoms with Crippen molar-refractivity contribution in [2.75, 3.05) is 29.9 Å². The number of aromatic nitrogens is 1. The zero-order chi connectivity index (χ0) is 22.3. The number of anilines is 2. The van der Waals surface area contributed by atoms with Gasteiger partial charge >= 0.3 is 6.03 Å². The van der Waals surface area contributed by atoms with Gasteiger partial charge in [-0.2, -0.15) is 0 Å². The summed E-state index contributed by atoms with van der Waals surface area (Å²) in [6, 6.07) is 9.41. The summed E-state index contributed by atoms with van der Waals surface area (Å²) in [5.74, 6) is -0.139. The average molecular weight is 439 g/mol. The lowest BCUT2D eigenvalue weighted by Crippen LogP contribution is -2.44. The number of rotatable bonds is 7. The van der Waals surface area contributed by atoms with E-state index in [0.29, 0.717) is 12.2 Å². The van der Waals surface area contributed by atoms with Gasteiger partial charge in [0.15, 0.2) is 0 Å². The van der Waals surface area contributed by atoms with Crippen LogP contribution in [0.25, 0.3) is 0 Å². The molecule has 6 nitrogen and oxygen atoms in total. The molecule has 0 saturated carbocycles. The van der Waals surface area contributed by atoms with E-state index < -0.39 is 5.82 Å². The second-order valence-electron chi connectivity index (χ2n) is 8.67. The number of likely N-dealkylation sites (tertiary alicyclic amines) is 1. The summed E-state index contributed by atoms with van der Waals surface area (Å²) >= 11 is 0. The number of nitrogens with zero attached hydrogens (tertiary/aromatic N) is 3. The first kappa shape index (κ1) is 22.2. The predicted octanol–water partition coefficient (Wildman–Crippen LogP) is 4.93. The van der Waals surface area contributed by atoms with Gasteiger partial charge in [0.1, 0.15) is 11.6 Å². The molecule has 0 radical (unpaired) electrons. The molecule has 170 valence electrons. The molecule has 1 N–H and O–H groups in total. The predicted molar refractivity (Wildman–Crippen MR) is 123 cm³/mol. The third kappa shape index (κ3) is 5.64. The van der Waals surface area contributed by atoms with Crippen LogP contribution in [0.3, 0.4) is 0 Å². The van der Waals surface area contributed by atoms with E-state index in [1.165, 1.54) is 23.3 Å². The van der Waals surface area contributed by atoms with E-state index in [-0.39, 0.29) is 11.9 Å². The van der Waals surface area contributed by atoms with Gasteiger partial charge in [0.05, 0.1) is 6.20 Å². The molecule has 0 aliphatic carbocycles. The number of benzene rings is 1. The van der Waals surface area contributed by atoms with Gasteiger partial charge < -0.3 is 10.2 Å². The SMILES string of the molecule is O=C(CCCCCc1ccc2c(c1)CCCN2C(=O)N1CCCC1)Nc1ccc(F)cn1. The molecular formula is C25H31FN4O2. The van der Waals surface area contributed by atoms with Gasteiger partial charge in [0.25, 0.3) is 0 Å². The zero-order valence-corrected chi connectivity index (χ0v) is 18.5. The van der Waals surface area contributed by atoms with Gasteiger partial charge in [-0.1, -0.05) is 18.6 Å². The monoisotopic (exact) mass is 438 g/mol. The summed E-state index contributed by atoms with van der Waals surface area (Å²) < 4.78 is 12.9. The Morgan fingerprint density at radius 2 is 1.84 bits per heavy atom. The number of aryl methyl sites for hydroxylation is 2. The summed E-state index contributed by atoms with van der Waals surface area (Å²) in [6.45, 7) is 2.56. The quantitative estimate of drug-likeness (QED) is 0.624. The number of fused-ring (bicyclic) bond motifs is 1. The molecule has 7 heteroatoms. The Balaban J connectivity index is 1.22. The third-order valence-corrected chi connectivity index (χ3v) is 6.23. The minimum Gasteiger partial charge on any atom is -0.324 e. The Hall–Kier alpha value is -2.96. The van der Waals surface area contributed by atoms with Gasteiger partial charge in [-0.3, -0.25) is 9.69 Å². The first-order valence-electron chi connectivity index (χ1n) is 11.7. The topological polar surface area (TPSA) is 65.5 Å². The molecule has 3 amide bonds. The fraction of sp³-hybridized carbons (Fsp3) is 0.480. The molecule has 32 heavy (non-hydrogen) atoms. The third-order valence-electron chi connectivity index (χ3n) is 6.23. The summed E-state index contributed by atoms with van der Waals surface area (Å²) in [5.41, 5.74) is 3.63.